The van der Waals surface area contributed by atoms with Crippen molar-refractivity contribution in [3.05, 3.63) is 29.8 Å². The zero-order valence-electron chi connectivity index (χ0n) is 12.7. The van der Waals surface area contributed by atoms with Gasteiger partial charge in [0.1, 0.15) is 11.3 Å². The van der Waals surface area contributed by atoms with Crippen molar-refractivity contribution in [3.8, 4) is 5.75 Å². The zero-order chi connectivity index (χ0) is 15.3. The second-order valence-corrected chi connectivity index (χ2v) is 5.89. The van der Waals surface area contributed by atoms with E-state index in [0.717, 1.165) is 32.7 Å². The summed E-state index contributed by atoms with van der Waals surface area (Å²) < 4.78 is 11.3. The molecular weight excluding hydrogens is 270 g/mol. The van der Waals surface area contributed by atoms with Crippen LogP contribution >= 0.6 is 0 Å². The van der Waals surface area contributed by atoms with Crippen molar-refractivity contribution in [1.29, 1.82) is 0 Å². The van der Waals surface area contributed by atoms with Gasteiger partial charge in [-0.3, -0.25) is 4.90 Å². The molecule has 0 bridgehead atoms. The molecule has 0 unspecified atom stereocenters. The molecule has 0 amide bonds. The third kappa shape index (κ3) is 4.72. The first-order chi connectivity index (χ1) is 9.98. The molecule has 0 atom stereocenters. The van der Waals surface area contributed by atoms with Gasteiger partial charge in [0.25, 0.3) is 0 Å². The highest BCUT2D eigenvalue weighted by Crippen LogP contribution is 2.19. The van der Waals surface area contributed by atoms with Crippen molar-refractivity contribution in [2.45, 2.75) is 25.9 Å². The van der Waals surface area contributed by atoms with E-state index in [0.29, 0.717) is 12.4 Å². The molecular formula is C16H23NO4. The predicted molar refractivity (Wildman–Crippen MR) is 80.0 cm³/mol. The van der Waals surface area contributed by atoms with Crippen LogP contribution in [0.2, 0.25) is 0 Å². The number of morpholine rings is 1. The van der Waals surface area contributed by atoms with Gasteiger partial charge >= 0.3 is 5.97 Å². The van der Waals surface area contributed by atoms with Gasteiger partial charge in [0.05, 0.1) is 18.8 Å². The predicted octanol–water partition coefficient (Wildman–Crippen LogP) is 2.26. The van der Waals surface area contributed by atoms with Crippen LogP contribution in [-0.2, 0) is 4.74 Å². The Labute approximate surface area is 125 Å². The van der Waals surface area contributed by atoms with E-state index < -0.39 is 5.97 Å². The van der Waals surface area contributed by atoms with E-state index in [1.807, 2.05) is 0 Å². The van der Waals surface area contributed by atoms with Crippen LogP contribution in [0.4, 0.5) is 0 Å². The maximum atomic E-state index is 11.1. The minimum atomic E-state index is -0.958. The van der Waals surface area contributed by atoms with Gasteiger partial charge in [0.2, 0.25) is 0 Å². The van der Waals surface area contributed by atoms with Crippen molar-refractivity contribution < 1.29 is 19.4 Å². The molecule has 1 saturated heterocycles. The van der Waals surface area contributed by atoms with Gasteiger partial charge in [-0.15, -0.1) is 0 Å². The second-order valence-electron chi connectivity index (χ2n) is 5.89. The summed E-state index contributed by atoms with van der Waals surface area (Å²) in [4.78, 5) is 13.4. The number of benzene rings is 1. The average Bonchev–Trinajstić information content (AvgIpc) is 2.43. The van der Waals surface area contributed by atoms with Crippen LogP contribution < -0.4 is 4.74 Å². The van der Waals surface area contributed by atoms with Crippen LogP contribution in [0.25, 0.3) is 0 Å². The molecule has 1 aliphatic heterocycles. The lowest BCUT2D eigenvalue weighted by Crippen LogP contribution is -2.48. The number of hydrogen-bond acceptors (Lipinski definition) is 4. The van der Waals surface area contributed by atoms with Crippen molar-refractivity contribution >= 4 is 5.97 Å². The van der Waals surface area contributed by atoms with Crippen molar-refractivity contribution in [2.24, 2.45) is 0 Å². The van der Waals surface area contributed by atoms with E-state index in [-0.39, 0.29) is 11.2 Å². The summed E-state index contributed by atoms with van der Waals surface area (Å²) in [6.07, 6.45) is 0.865. The Morgan fingerprint density at radius 1 is 1.43 bits per heavy atom. The van der Waals surface area contributed by atoms with Gasteiger partial charge in [-0.1, -0.05) is 12.1 Å². The van der Waals surface area contributed by atoms with E-state index in [1.165, 1.54) is 0 Å². The van der Waals surface area contributed by atoms with Crippen molar-refractivity contribution in [3.63, 3.8) is 0 Å². The van der Waals surface area contributed by atoms with E-state index >= 15 is 0 Å². The first kappa shape index (κ1) is 15.8. The average molecular weight is 293 g/mol. The molecule has 0 aromatic heterocycles. The van der Waals surface area contributed by atoms with Crippen LogP contribution in [0.1, 0.15) is 30.6 Å². The number of carboxylic acid groups (broad SMARTS) is 1. The molecule has 0 radical (unpaired) electrons. The lowest BCUT2D eigenvalue weighted by molar-refractivity contribution is -0.0864. The first-order valence-corrected chi connectivity index (χ1v) is 7.29. The lowest BCUT2D eigenvalue weighted by atomic mass is 10.1. The third-order valence-corrected chi connectivity index (χ3v) is 3.50. The van der Waals surface area contributed by atoms with Gasteiger partial charge in [0.15, 0.2) is 0 Å². The van der Waals surface area contributed by atoms with E-state index in [4.69, 9.17) is 14.6 Å². The van der Waals surface area contributed by atoms with Crippen molar-refractivity contribution in [1.82, 2.24) is 4.90 Å². The smallest absolute Gasteiger partial charge is 0.339 e. The highest BCUT2D eigenvalue weighted by atomic mass is 16.5. The monoisotopic (exact) mass is 293 g/mol. The number of carbonyl (C=O) groups is 1. The second kappa shape index (κ2) is 6.91. The number of rotatable bonds is 6. The summed E-state index contributed by atoms with van der Waals surface area (Å²) in [6, 6.07) is 6.74. The molecule has 2 rings (SSSR count). The molecule has 21 heavy (non-hydrogen) atoms. The molecule has 0 saturated carbocycles. The largest absolute Gasteiger partial charge is 0.493 e. The van der Waals surface area contributed by atoms with Crippen molar-refractivity contribution in [2.75, 3.05) is 32.8 Å². The van der Waals surface area contributed by atoms with Crippen LogP contribution in [-0.4, -0.2) is 54.4 Å². The fourth-order valence-corrected chi connectivity index (χ4v) is 2.54. The minimum Gasteiger partial charge on any atom is -0.493 e. The molecule has 0 spiro atoms. The molecule has 1 heterocycles. The Hall–Kier alpha value is -1.59. The molecule has 0 aliphatic carbocycles. The summed E-state index contributed by atoms with van der Waals surface area (Å²) in [6.45, 7) is 8.26. The highest BCUT2D eigenvalue weighted by Gasteiger charge is 2.26. The Balaban J connectivity index is 1.76. The first-order valence-electron chi connectivity index (χ1n) is 7.29. The molecule has 5 nitrogen and oxygen atoms in total. The summed E-state index contributed by atoms with van der Waals surface area (Å²) in [7, 11) is 0. The maximum Gasteiger partial charge on any atom is 0.339 e. The fourth-order valence-electron chi connectivity index (χ4n) is 2.54. The Morgan fingerprint density at radius 2 is 2.19 bits per heavy atom. The van der Waals surface area contributed by atoms with Gasteiger partial charge in [-0.25, -0.2) is 4.79 Å². The van der Waals surface area contributed by atoms with Gasteiger partial charge in [-0.2, -0.15) is 0 Å². The number of aromatic carboxylic acids is 1. The van der Waals surface area contributed by atoms with Gasteiger partial charge in [-0.05, 0) is 32.4 Å². The lowest BCUT2D eigenvalue weighted by Gasteiger charge is -2.38. The number of carboxylic acids is 1. The normalized spacial score (nSPS) is 18.4. The quantitative estimate of drug-likeness (QED) is 0.815. The van der Waals surface area contributed by atoms with Crippen LogP contribution in [0.5, 0.6) is 5.75 Å². The standard InChI is InChI=1S/C16H23NO4/c1-16(2)12-17(9-11-21-16)8-5-10-20-14-7-4-3-6-13(14)15(18)19/h3-4,6-7H,5,8-12H2,1-2H3,(H,18,19). The SMILES string of the molecule is CC1(C)CN(CCCOc2ccccc2C(=O)O)CCO1. The Kier molecular flexibility index (Phi) is 5.20. The van der Waals surface area contributed by atoms with Crippen LogP contribution in [0.3, 0.4) is 0 Å². The molecule has 1 aliphatic rings. The zero-order valence-corrected chi connectivity index (χ0v) is 12.7. The minimum absolute atomic E-state index is 0.0883. The summed E-state index contributed by atoms with van der Waals surface area (Å²) >= 11 is 0. The van der Waals surface area contributed by atoms with Crippen LogP contribution in [0, 0.1) is 0 Å². The number of para-hydroxylation sites is 1. The third-order valence-electron chi connectivity index (χ3n) is 3.50. The molecule has 5 heteroatoms. The fraction of sp³-hybridized carbons (Fsp3) is 0.562. The number of ether oxygens (including phenoxy) is 2. The number of hydrogen-bond donors (Lipinski definition) is 1. The van der Waals surface area contributed by atoms with E-state index in [2.05, 4.69) is 18.7 Å². The van der Waals surface area contributed by atoms with Crippen LogP contribution in [0.15, 0.2) is 24.3 Å². The summed E-state index contributed by atoms with van der Waals surface area (Å²) in [5.74, 6) is -0.521. The summed E-state index contributed by atoms with van der Waals surface area (Å²) in [5.41, 5.74) is 0.125. The number of nitrogens with zero attached hydrogens (tertiary/aromatic N) is 1. The topological polar surface area (TPSA) is 59.0 Å². The maximum absolute atomic E-state index is 11.1. The molecule has 1 N–H and O–H groups in total. The van der Waals surface area contributed by atoms with E-state index in [1.54, 1.807) is 24.3 Å². The Bertz CT molecular complexity index is 487. The summed E-state index contributed by atoms with van der Waals surface area (Å²) in [5, 5.41) is 9.08. The van der Waals surface area contributed by atoms with E-state index in [9.17, 15) is 4.79 Å². The molecule has 116 valence electrons. The van der Waals surface area contributed by atoms with Gasteiger partial charge < -0.3 is 14.6 Å². The molecule has 1 aromatic carbocycles. The molecule has 1 fully saturated rings. The highest BCUT2D eigenvalue weighted by molar-refractivity contribution is 5.90. The van der Waals surface area contributed by atoms with Gasteiger partial charge in [0, 0.05) is 19.6 Å². The molecule has 1 aromatic rings. The Morgan fingerprint density at radius 3 is 2.90 bits per heavy atom.